The predicted octanol–water partition coefficient (Wildman–Crippen LogP) is 3.22. The van der Waals surface area contributed by atoms with Crippen molar-refractivity contribution < 1.29 is 9.13 Å². The number of fused-ring (bicyclic) bond motifs is 3. The highest BCUT2D eigenvalue weighted by Crippen LogP contribution is 2.22. The zero-order valence-electron chi connectivity index (χ0n) is 14.2. The monoisotopic (exact) mass is 350 g/mol. The molecule has 1 N–H and O–H groups in total. The highest BCUT2D eigenvalue weighted by atomic mass is 19.1. The highest BCUT2D eigenvalue weighted by Gasteiger charge is 2.13. The van der Waals surface area contributed by atoms with Gasteiger partial charge in [-0.25, -0.2) is 9.37 Å². The van der Waals surface area contributed by atoms with Gasteiger partial charge in [-0.2, -0.15) is 9.78 Å². The molecule has 0 saturated carbocycles. The van der Waals surface area contributed by atoms with Crippen LogP contribution in [0.5, 0.6) is 5.75 Å². The fourth-order valence-electron chi connectivity index (χ4n) is 2.83. The van der Waals surface area contributed by atoms with Crippen LogP contribution in [-0.2, 0) is 0 Å². The molecule has 0 spiro atoms. The minimum absolute atomic E-state index is 0.295. The summed E-state index contributed by atoms with van der Waals surface area (Å²) in [6.45, 7) is 1.68. The first-order chi connectivity index (χ1) is 12.6. The number of aromatic amines is 1. The Bertz CT molecular complexity index is 1210. The van der Waals surface area contributed by atoms with E-state index in [-0.39, 0.29) is 11.4 Å². The molecule has 0 aliphatic carbocycles. The molecule has 0 bridgehead atoms. The molecule has 26 heavy (non-hydrogen) atoms. The van der Waals surface area contributed by atoms with Crippen molar-refractivity contribution in [3.8, 4) is 5.75 Å². The van der Waals surface area contributed by atoms with Gasteiger partial charge < -0.3 is 9.72 Å². The maximum absolute atomic E-state index is 13.5. The third-order valence-electron chi connectivity index (χ3n) is 4.16. The molecule has 130 valence electrons. The van der Waals surface area contributed by atoms with Crippen molar-refractivity contribution in [1.82, 2.24) is 14.6 Å². The second kappa shape index (κ2) is 6.11. The molecular formula is C19H15FN4O2. The summed E-state index contributed by atoms with van der Waals surface area (Å²) < 4.78 is 19.9. The van der Waals surface area contributed by atoms with E-state index in [0.29, 0.717) is 27.8 Å². The number of halogens is 1. The number of hydrogen-bond acceptors (Lipinski definition) is 4. The number of aryl methyl sites for hydroxylation is 1. The van der Waals surface area contributed by atoms with Gasteiger partial charge in [0.1, 0.15) is 28.4 Å². The first kappa shape index (κ1) is 16.0. The first-order valence-electron chi connectivity index (χ1n) is 7.96. The molecule has 0 fully saturated rings. The molecule has 0 atom stereocenters. The normalized spacial score (nSPS) is 11.7. The summed E-state index contributed by atoms with van der Waals surface area (Å²) in [5.74, 6) is 0.779. The molecule has 6 nitrogen and oxygen atoms in total. The molecule has 7 heteroatoms. The third kappa shape index (κ3) is 2.63. The van der Waals surface area contributed by atoms with Crippen molar-refractivity contribution in [3.05, 3.63) is 70.0 Å². The Balaban J connectivity index is 1.83. The van der Waals surface area contributed by atoms with E-state index in [2.05, 4.69) is 15.1 Å². The Morgan fingerprint density at radius 3 is 2.73 bits per heavy atom. The van der Waals surface area contributed by atoms with Gasteiger partial charge in [0.25, 0.3) is 5.56 Å². The molecule has 4 aromatic rings. The highest BCUT2D eigenvalue weighted by molar-refractivity contribution is 6.04. The number of aromatic nitrogens is 3. The Morgan fingerprint density at radius 2 is 2.00 bits per heavy atom. The summed E-state index contributed by atoms with van der Waals surface area (Å²) in [4.78, 5) is 20.2. The van der Waals surface area contributed by atoms with E-state index in [1.165, 1.54) is 16.8 Å². The summed E-state index contributed by atoms with van der Waals surface area (Å²) in [5.41, 5.74) is 1.87. The SMILES string of the molecule is COc1ccc(C=Nn2c(C)nc3c([nH]c4ccc(F)cc43)c2=O)cc1. The zero-order valence-corrected chi connectivity index (χ0v) is 14.2. The number of rotatable bonds is 3. The van der Waals surface area contributed by atoms with E-state index in [1.54, 1.807) is 26.3 Å². The van der Waals surface area contributed by atoms with Gasteiger partial charge in [0.2, 0.25) is 0 Å². The van der Waals surface area contributed by atoms with Crippen LogP contribution in [0.1, 0.15) is 11.4 Å². The molecule has 4 rings (SSSR count). The summed E-state index contributed by atoms with van der Waals surface area (Å²) in [6, 6.07) is 11.6. The summed E-state index contributed by atoms with van der Waals surface area (Å²) in [5, 5.41) is 4.83. The molecular weight excluding hydrogens is 335 g/mol. The van der Waals surface area contributed by atoms with E-state index < -0.39 is 0 Å². The van der Waals surface area contributed by atoms with Crippen LogP contribution in [-0.4, -0.2) is 28.0 Å². The average molecular weight is 350 g/mol. The van der Waals surface area contributed by atoms with Crippen molar-refractivity contribution in [2.75, 3.05) is 7.11 Å². The summed E-state index contributed by atoms with van der Waals surface area (Å²) >= 11 is 0. The predicted molar refractivity (Wildman–Crippen MR) is 98.5 cm³/mol. The topological polar surface area (TPSA) is 72.3 Å². The molecule has 2 aromatic heterocycles. The number of hydrogen-bond donors (Lipinski definition) is 1. The fraction of sp³-hybridized carbons (Fsp3) is 0.105. The molecule has 0 aliphatic rings. The largest absolute Gasteiger partial charge is 0.497 e. The molecule has 0 saturated heterocycles. The lowest BCUT2D eigenvalue weighted by molar-refractivity contribution is 0.415. The molecule has 0 amide bonds. The summed E-state index contributed by atoms with van der Waals surface area (Å²) in [7, 11) is 1.60. The van der Waals surface area contributed by atoms with E-state index in [1.807, 2.05) is 24.3 Å². The minimum Gasteiger partial charge on any atom is -0.497 e. The molecule has 2 heterocycles. The van der Waals surface area contributed by atoms with Crippen LogP contribution in [0.15, 0.2) is 52.4 Å². The van der Waals surface area contributed by atoms with Crippen molar-refractivity contribution in [3.63, 3.8) is 0 Å². The fourth-order valence-corrected chi connectivity index (χ4v) is 2.83. The first-order valence-corrected chi connectivity index (χ1v) is 7.96. The van der Waals surface area contributed by atoms with Crippen LogP contribution < -0.4 is 10.3 Å². The average Bonchev–Trinajstić information content (AvgIpc) is 3.00. The van der Waals surface area contributed by atoms with Crippen LogP contribution in [0.3, 0.4) is 0 Å². The third-order valence-corrected chi connectivity index (χ3v) is 4.16. The second-order valence-electron chi connectivity index (χ2n) is 5.83. The van der Waals surface area contributed by atoms with Crippen LogP contribution in [0.2, 0.25) is 0 Å². The van der Waals surface area contributed by atoms with Gasteiger partial charge in [-0.15, -0.1) is 0 Å². The van der Waals surface area contributed by atoms with Crippen molar-refractivity contribution in [2.45, 2.75) is 6.92 Å². The minimum atomic E-state index is -0.375. The lowest BCUT2D eigenvalue weighted by atomic mass is 10.2. The van der Waals surface area contributed by atoms with E-state index in [0.717, 1.165) is 11.3 Å². The van der Waals surface area contributed by atoms with Gasteiger partial charge in [-0.1, -0.05) is 0 Å². The van der Waals surface area contributed by atoms with Gasteiger partial charge in [0.05, 0.1) is 13.3 Å². The lowest BCUT2D eigenvalue weighted by Gasteiger charge is -2.03. The number of nitrogens with zero attached hydrogens (tertiary/aromatic N) is 3. The van der Waals surface area contributed by atoms with Crippen molar-refractivity contribution in [2.24, 2.45) is 5.10 Å². The molecule has 0 aliphatic heterocycles. The number of nitrogens with one attached hydrogen (secondary N) is 1. The van der Waals surface area contributed by atoms with Gasteiger partial charge in [0.15, 0.2) is 0 Å². The van der Waals surface area contributed by atoms with Crippen LogP contribution in [0, 0.1) is 12.7 Å². The molecule has 0 unspecified atom stereocenters. The number of benzene rings is 2. The van der Waals surface area contributed by atoms with Crippen molar-refractivity contribution in [1.29, 1.82) is 0 Å². The molecule has 0 radical (unpaired) electrons. The summed E-state index contributed by atoms with van der Waals surface area (Å²) in [6.07, 6.45) is 1.57. The van der Waals surface area contributed by atoms with Gasteiger partial charge in [0, 0.05) is 10.9 Å². The Kier molecular flexibility index (Phi) is 3.76. The number of methoxy groups -OCH3 is 1. The van der Waals surface area contributed by atoms with Crippen LogP contribution in [0.25, 0.3) is 21.9 Å². The number of H-pyrrole nitrogens is 1. The Morgan fingerprint density at radius 1 is 1.23 bits per heavy atom. The van der Waals surface area contributed by atoms with Gasteiger partial charge in [-0.05, 0) is 55.0 Å². The van der Waals surface area contributed by atoms with Crippen LogP contribution in [0.4, 0.5) is 4.39 Å². The van der Waals surface area contributed by atoms with E-state index in [4.69, 9.17) is 4.74 Å². The standard InChI is InChI=1S/C19H15FN4O2/c1-11-22-17-15-9-13(20)5-8-16(15)23-18(17)19(25)24(11)21-10-12-3-6-14(26-2)7-4-12/h3-10,23H,1-2H3. The maximum Gasteiger partial charge on any atom is 0.298 e. The quantitative estimate of drug-likeness (QED) is 0.577. The zero-order chi connectivity index (χ0) is 18.3. The van der Waals surface area contributed by atoms with Gasteiger partial charge >= 0.3 is 0 Å². The van der Waals surface area contributed by atoms with Gasteiger partial charge in [-0.3, -0.25) is 4.79 Å². The van der Waals surface area contributed by atoms with Crippen LogP contribution >= 0.6 is 0 Å². The maximum atomic E-state index is 13.5. The second-order valence-corrected chi connectivity index (χ2v) is 5.83. The molecule has 2 aromatic carbocycles. The Labute approximate surface area is 147 Å². The Hall–Kier alpha value is -3.48. The number of ether oxygens (including phenoxy) is 1. The lowest BCUT2D eigenvalue weighted by Crippen LogP contribution is -2.20. The van der Waals surface area contributed by atoms with E-state index in [9.17, 15) is 9.18 Å². The smallest absolute Gasteiger partial charge is 0.298 e. The van der Waals surface area contributed by atoms with Crippen molar-refractivity contribution >= 4 is 28.2 Å². The van der Waals surface area contributed by atoms with E-state index >= 15 is 0 Å².